The molecule has 3 rings (SSSR count). The van der Waals surface area contributed by atoms with Crippen LogP contribution in [0, 0.1) is 5.41 Å². The molecule has 1 fully saturated rings. The molecule has 1 aliphatic rings. The molecule has 0 radical (unpaired) electrons. The van der Waals surface area contributed by atoms with E-state index in [2.05, 4.69) is 42.9 Å². The van der Waals surface area contributed by atoms with Crippen molar-refractivity contribution in [2.45, 2.75) is 45.2 Å². The molecule has 3 atom stereocenters. The van der Waals surface area contributed by atoms with E-state index >= 15 is 0 Å². The first-order valence-corrected chi connectivity index (χ1v) is 7.83. The lowest BCUT2D eigenvalue weighted by atomic mass is 9.85. The van der Waals surface area contributed by atoms with Crippen molar-refractivity contribution in [1.29, 1.82) is 0 Å². The number of imidazole rings is 1. The zero-order chi connectivity index (χ0) is 15.0. The van der Waals surface area contributed by atoms with Gasteiger partial charge in [0.2, 0.25) is 0 Å². The normalized spacial score (nSPS) is 27.3. The van der Waals surface area contributed by atoms with Crippen LogP contribution in [0.25, 0.3) is 11.0 Å². The number of para-hydroxylation sites is 2. The molecule has 114 valence electrons. The molecule has 0 bridgehead atoms. The van der Waals surface area contributed by atoms with Crippen LogP contribution < -0.4 is 5.32 Å². The number of aliphatic hydroxyl groups is 1. The van der Waals surface area contributed by atoms with E-state index in [0.717, 1.165) is 29.7 Å². The second-order valence-corrected chi connectivity index (χ2v) is 6.66. The quantitative estimate of drug-likeness (QED) is 0.909. The number of nitrogens with zero attached hydrogens (tertiary/aromatic N) is 2. The molecule has 4 nitrogen and oxygen atoms in total. The molecule has 3 unspecified atom stereocenters. The molecule has 0 aliphatic heterocycles. The molecule has 1 heterocycles. The van der Waals surface area contributed by atoms with Crippen molar-refractivity contribution >= 4 is 11.0 Å². The highest BCUT2D eigenvalue weighted by Crippen LogP contribution is 2.38. The maximum Gasteiger partial charge on any atom is 0.126 e. The maximum atomic E-state index is 9.69. The summed E-state index contributed by atoms with van der Waals surface area (Å²) in [6.07, 6.45) is 3.41. The Bertz CT molecular complexity index is 636. The van der Waals surface area contributed by atoms with Gasteiger partial charge in [-0.15, -0.1) is 0 Å². The highest BCUT2D eigenvalue weighted by atomic mass is 16.3. The van der Waals surface area contributed by atoms with Crippen LogP contribution in [0.2, 0.25) is 0 Å². The van der Waals surface area contributed by atoms with Gasteiger partial charge in [0.25, 0.3) is 0 Å². The van der Waals surface area contributed by atoms with E-state index in [-0.39, 0.29) is 18.1 Å². The summed E-state index contributed by atoms with van der Waals surface area (Å²) < 4.78 is 2.16. The lowest BCUT2D eigenvalue weighted by molar-refractivity contribution is 0.113. The average molecular weight is 287 g/mol. The van der Waals surface area contributed by atoms with Crippen molar-refractivity contribution in [3.05, 3.63) is 30.1 Å². The summed E-state index contributed by atoms with van der Waals surface area (Å²) in [5.74, 6) is 1.06. The summed E-state index contributed by atoms with van der Waals surface area (Å²) in [4.78, 5) is 4.77. The molecule has 1 aromatic carbocycles. The predicted octanol–water partition coefficient (Wildman–Crippen LogP) is 2.78. The number of nitrogens with one attached hydrogen (secondary N) is 1. The predicted molar refractivity (Wildman–Crippen MR) is 85.1 cm³/mol. The first-order valence-electron chi connectivity index (χ1n) is 7.83. The Balaban J connectivity index is 1.84. The number of hydrogen-bond donors (Lipinski definition) is 2. The average Bonchev–Trinajstić information content (AvgIpc) is 3.02. The minimum absolute atomic E-state index is 0.00114. The van der Waals surface area contributed by atoms with Crippen LogP contribution in [0.3, 0.4) is 0 Å². The van der Waals surface area contributed by atoms with Crippen LogP contribution in [-0.4, -0.2) is 27.3 Å². The molecule has 0 amide bonds. The number of aromatic nitrogens is 2. The van der Waals surface area contributed by atoms with E-state index in [0.29, 0.717) is 6.04 Å². The maximum absolute atomic E-state index is 9.69. The fourth-order valence-corrected chi connectivity index (χ4v) is 3.63. The van der Waals surface area contributed by atoms with Crippen molar-refractivity contribution in [3.8, 4) is 0 Å². The van der Waals surface area contributed by atoms with Crippen LogP contribution >= 0.6 is 0 Å². The van der Waals surface area contributed by atoms with Gasteiger partial charge >= 0.3 is 0 Å². The van der Waals surface area contributed by atoms with E-state index in [4.69, 9.17) is 4.98 Å². The molecular formula is C17H25N3O. The van der Waals surface area contributed by atoms with Crippen molar-refractivity contribution in [1.82, 2.24) is 14.9 Å². The summed E-state index contributed by atoms with van der Waals surface area (Å²) in [6.45, 7) is 4.59. The molecule has 1 aliphatic carbocycles. The van der Waals surface area contributed by atoms with Crippen LogP contribution in [0.1, 0.15) is 45.0 Å². The number of hydrogen-bond acceptors (Lipinski definition) is 3. The van der Waals surface area contributed by atoms with Gasteiger partial charge in [0.1, 0.15) is 5.82 Å². The summed E-state index contributed by atoms with van der Waals surface area (Å²) in [5.41, 5.74) is 2.20. The van der Waals surface area contributed by atoms with Crippen LogP contribution in [-0.2, 0) is 7.05 Å². The summed E-state index contributed by atoms with van der Waals surface area (Å²) in [7, 11) is 2.07. The van der Waals surface area contributed by atoms with E-state index in [1.807, 2.05) is 12.1 Å². The molecule has 2 N–H and O–H groups in total. The SMILES string of the molecule is CC(NC1CCCC1(C)CO)c1nc2ccccc2n1C. The number of benzene rings is 1. The van der Waals surface area contributed by atoms with E-state index in [1.165, 1.54) is 6.42 Å². The Hall–Kier alpha value is -1.39. The van der Waals surface area contributed by atoms with Crippen LogP contribution in [0.15, 0.2) is 24.3 Å². The van der Waals surface area contributed by atoms with Crippen molar-refractivity contribution in [2.75, 3.05) is 6.61 Å². The van der Waals surface area contributed by atoms with Gasteiger partial charge in [-0.2, -0.15) is 0 Å². The van der Waals surface area contributed by atoms with E-state index < -0.39 is 0 Å². The van der Waals surface area contributed by atoms with Crippen molar-refractivity contribution < 1.29 is 5.11 Å². The molecule has 0 spiro atoms. The Morgan fingerprint density at radius 1 is 1.48 bits per heavy atom. The lowest BCUT2D eigenvalue weighted by Crippen LogP contribution is -2.43. The highest BCUT2D eigenvalue weighted by molar-refractivity contribution is 5.75. The second-order valence-electron chi connectivity index (χ2n) is 6.66. The van der Waals surface area contributed by atoms with Gasteiger partial charge in [0, 0.05) is 25.1 Å². The van der Waals surface area contributed by atoms with Gasteiger partial charge in [-0.25, -0.2) is 4.98 Å². The second kappa shape index (κ2) is 5.43. The minimum Gasteiger partial charge on any atom is -0.396 e. The lowest BCUT2D eigenvalue weighted by Gasteiger charge is -2.32. The largest absolute Gasteiger partial charge is 0.396 e. The minimum atomic E-state index is -0.00114. The van der Waals surface area contributed by atoms with Gasteiger partial charge < -0.3 is 15.0 Å². The molecule has 21 heavy (non-hydrogen) atoms. The Morgan fingerprint density at radius 3 is 2.95 bits per heavy atom. The molecule has 1 aromatic heterocycles. The van der Waals surface area contributed by atoms with Crippen LogP contribution in [0.4, 0.5) is 0 Å². The third-order valence-electron chi connectivity index (χ3n) is 5.10. The third kappa shape index (κ3) is 2.47. The summed E-state index contributed by atoms with van der Waals surface area (Å²) in [6, 6.07) is 8.77. The summed E-state index contributed by atoms with van der Waals surface area (Å²) in [5, 5.41) is 13.4. The topological polar surface area (TPSA) is 50.1 Å². The smallest absolute Gasteiger partial charge is 0.126 e. The first kappa shape index (κ1) is 14.5. The fraction of sp³-hybridized carbons (Fsp3) is 0.588. The molecule has 4 heteroatoms. The zero-order valence-electron chi connectivity index (χ0n) is 13.1. The molecule has 2 aromatic rings. The Labute approximate surface area is 126 Å². The van der Waals surface area contributed by atoms with Crippen LogP contribution in [0.5, 0.6) is 0 Å². The molecule has 1 saturated carbocycles. The van der Waals surface area contributed by atoms with Gasteiger partial charge in [-0.1, -0.05) is 25.5 Å². The number of fused-ring (bicyclic) bond motifs is 1. The zero-order valence-corrected chi connectivity index (χ0v) is 13.1. The van der Waals surface area contributed by atoms with Crippen molar-refractivity contribution in [2.24, 2.45) is 12.5 Å². The van der Waals surface area contributed by atoms with Gasteiger partial charge in [0.15, 0.2) is 0 Å². The Morgan fingerprint density at radius 2 is 2.24 bits per heavy atom. The van der Waals surface area contributed by atoms with Gasteiger partial charge in [-0.05, 0) is 31.9 Å². The van der Waals surface area contributed by atoms with E-state index in [1.54, 1.807) is 0 Å². The standard InChI is InChI=1S/C17H25N3O/c1-12(18-15-9-6-10-17(15,2)11-21)16-19-13-7-4-5-8-14(13)20(16)3/h4-5,7-8,12,15,18,21H,6,9-11H2,1-3H3. The monoisotopic (exact) mass is 287 g/mol. The van der Waals surface area contributed by atoms with Gasteiger partial charge in [-0.3, -0.25) is 0 Å². The number of aliphatic hydroxyl groups excluding tert-OH is 1. The number of rotatable bonds is 4. The highest BCUT2D eigenvalue weighted by Gasteiger charge is 2.39. The fourth-order valence-electron chi connectivity index (χ4n) is 3.63. The molecule has 0 saturated heterocycles. The Kier molecular flexibility index (Phi) is 3.76. The third-order valence-corrected chi connectivity index (χ3v) is 5.10. The number of aryl methyl sites for hydroxylation is 1. The van der Waals surface area contributed by atoms with Crippen molar-refractivity contribution in [3.63, 3.8) is 0 Å². The van der Waals surface area contributed by atoms with Gasteiger partial charge in [0.05, 0.1) is 17.1 Å². The molecular weight excluding hydrogens is 262 g/mol. The summed E-state index contributed by atoms with van der Waals surface area (Å²) >= 11 is 0. The first-order chi connectivity index (χ1) is 10.0. The van der Waals surface area contributed by atoms with E-state index in [9.17, 15) is 5.11 Å².